The summed E-state index contributed by atoms with van der Waals surface area (Å²) in [6.45, 7) is 9.22. The Labute approximate surface area is 108 Å². The molecule has 0 radical (unpaired) electrons. The quantitative estimate of drug-likeness (QED) is 0.851. The first-order valence-corrected chi connectivity index (χ1v) is 6.27. The van der Waals surface area contributed by atoms with Gasteiger partial charge in [-0.05, 0) is 29.5 Å². The summed E-state index contributed by atoms with van der Waals surface area (Å²) < 4.78 is 0. The number of hydrogen-bond donors (Lipinski definition) is 2. The lowest BCUT2D eigenvalue weighted by Gasteiger charge is -2.20. The van der Waals surface area contributed by atoms with Gasteiger partial charge in [-0.15, -0.1) is 0 Å². The van der Waals surface area contributed by atoms with Gasteiger partial charge in [0.25, 0.3) is 0 Å². The Hall–Kier alpha value is -1.61. The van der Waals surface area contributed by atoms with Crippen LogP contribution in [-0.4, -0.2) is 9.97 Å². The molecule has 2 aromatic rings. The molecule has 0 fully saturated rings. The molecule has 2 rings (SSSR count). The molecule has 0 aliphatic rings. The number of hydrogen-bond acceptors (Lipinski definition) is 2. The van der Waals surface area contributed by atoms with Crippen molar-refractivity contribution < 1.29 is 0 Å². The van der Waals surface area contributed by atoms with E-state index in [1.54, 1.807) is 0 Å². The van der Waals surface area contributed by atoms with Gasteiger partial charge >= 0.3 is 0 Å². The van der Waals surface area contributed by atoms with Gasteiger partial charge < -0.3 is 10.7 Å². The Morgan fingerprint density at radius 2 is 2.00 bits per heavy atom. The monoisotopic (exact) mass is 243 g/mol. The Bertz CT molecular complexity index is 547. The highest BCUT2D eigenvalue weighted by molar-refractivity contribution is 5.64. The van der Waals surface area contributed by atoms with Crippen LogP contribution in [0.25, 0.3) is 11.3 Å². The number of nitrogens with two attached hydrogens (primary N) is 1. The van der Waals surface area contributed by atoms with Crippen molar-refractivity contribution in [1.82, 2.24) is 9.97 Å². The van der Waals surface area contributed by atoms with Crippen LogP contribution in [0.1, 0.15) is 37.7 Å². The first kappa shape index (κ1) is 12.8. The van der Waals surface area contributed by atoms with E-state index in [0.29, 0.717) is 6.54 Å². The molecule has 0 atom stereocenters. The van der Waals surface area contributed by atoms with Crippen LogP contribution in [0.15, 0.2) is 24.4 Å². The molecule has 0 unspecified atom stereocenters. The highest BCUT2D eigenvalue weighted by atomic mass is 14.9. The topological polar surface area (TPSA) is 54.7 Å². The average Bonchev–Trinajstić information content (AvgIpc) is 2.76. The molecule has 0 saturated heterocycles. The molecule has 0 bridgehead atoms. The second-order valence-electron chi connectivity index (χ2n) is 5.73. The summed E-state index contributed by atoms with van der Waals surface area (Å²) in [6.07, 6.45) is 1.86. The SMILES string of the molecule is Cc1ccc(C(C)(C)C)cc1-c1cnc(CN)[nH]1. The number of nitrogens with zero attached hydrogens (tertiary/aromatic N) is 1. The van der Waals surface area contributed by atoms with E-state index < -0.39 is 0 Å². The number of benzene rings is 1. The summed E-state index contributed by atoms with van der Waals surface area (Å²) in [6, 6.07) is 6.60. The summed E-state index contributed by atoms with van der Waals surface area (Å²) in [4.78, 5) is 7.53. The molecular formula is C15H21N3. The van der Waals surface area contributed by atoms with Crippen molar-refractivity contribution in [3.8, 4) is 11.3 Å². The zero-order chi connectivity index (χ0) is 13.3. The van der Waals surface area contributed by atoms with Crippen LogP contribution < -0.4 is 5.73 Å². The van der Waals surface area contributed by atoms with E-state index in [2.05, 4.69) is 55.9 Å². The molecule has 1 aromatic heterocycles. The molecule has 3 heteroatoms. The normalized spacial score (nSPS) is 11.8. The van der Waals surface area contributed by atoms with Crippen molar-refractivity contribution in [2.45, 2.75) is 39.7 Å². The number of nitrogens with one attached hydrogen (secondary N) is 1. The van der Waals surface area contributed by atoms with E-state index in [1.165, 1.54) is 16.7 Å². The minimum absolute atomic E-state index is 0.152. The van der Waals surface area contributed by atoms with Crippen LogP contribution in [0.5, 0.6) is 0 Å². The Morgan fingerprint density at radius 1 is 1.28 bits per heavy atom. The highest BCUT2D eigenvalue weighted by Gasteiger charge is 2.15. The van der Waals surface area contributed by atoms with Crippen LogP contribution in [0.3, 0.4) is 0 Å². The van der Waals surface area contributed by atoms with Crippen molar-refractivity contribution in [1.29, 1.82) is 0 Å². The van der Waals surface area contributed by atoms with Gasteiger partial charge in [0, 0.05) is 5.56 Å². The van der Waals surface area contributed by atoms with Gasteiger partial charge in [0.05, 0.1) is 18.4 Å². The molecule has 18 heavy (non-hydrogen) atoms. The highest BCUT2D eigenvalue weighted by Crippen LogP contribution is 2.29. The third-order valence-electron chi connectivity index (χ3n) is 3.22. The summed E-state index contributed by atoms with van der Waals surface area (Å²) in [5.41, 5.74) is 10.6. The molecular weight excluding hydrogens is 222 g/mol. The predicted molar refractivity (Wildman–Crippen MR) is 75.4 cm³/mol. The van der Waals surface area contributed by atoms with Gasteiger partial charge in [-0.1, -0.05) is 32.9 Å². The number of aryl methyl sites for hydroxylation is 1. The fourth-order valence-corrected chi connectivity index (χ4v) is 1.98. The van der Waals surface area contributed by atoms with Crippen LogP contribution in [0, 0.1) is 6.92 Å². The molecule has 0 aliphatic carbocycles. The van der Waals surface area contributed by atoms with Crippen LogP contribution >= 0.6 is 0 Å². The summed E-state index contributed by atoms with van der Waals surface area (Å²) in [5, 5.41) is 0. The van der Waals surface area contributed by atoms with E-state index in [-0.39, 0.29) is 5.41 Å². The first-order chi connectivity index (χ1) is 8.41. The molecule has 0 saturated carbocycles. The molecule has 96 valence electrons. The Morgan fingerprint density at radius 3 is 2.56 bits per heavy atom. The molecule has 3 nitrogen and oxygen atoms in total. The number of aromatic amines is 1. The van der Waals surface area contributed by atoms with Crippen molar-refractivity contribution >= 4 is 0 Å². The van der Waals surface area contributed by atoms with Crippen LogP contribution in [0.4, 0.5) is 0 Å². The predicted octanol–water partition coefficient (Wildman–Crippen LogP) is 3.14. The van der Waals surface area contributed by atoms with Gasteiger partial charge in [-0.3, -0.25) is 0 Å². The lowest BCUT2D eigenvalue weighted by Crippen LogP contribution is -2.11. The smallest absolute Gasteiger partial charge is 0.120 e. The van der Waals surface area contributed by atoms with Gasteiger partial charge in [-0.25, -0.2) is 4.98 Å². The number of H-pyrrole nitrogens is 1. The second-order valence-corrected chi connectivity index (χ2v) is 5.73. The number of imidazole rings is 1. The van der Waals surface area contributed by atoms with Crippen molar-refractivity contribution in [2.75, 3.05) is 0 Å². The van der Waals surface area contributed by atoms with Crippen molar-refractivity contribution in [2.24, 2.45) is 5.73 Å². The standard InChI is InChI=1S/C15H21N3/c1-10-5-6-11(15(2,3)4)7-12(10)13-9-17-14(8-16)18-13/h5-7,9H,8,16H2,1-4H3,(H,17,18). The minimum atomic E-state index is 0.152. The van der Waals surface area contributed by atoms with E-state index in [4.69, 9.17) is 5.73 Å². The molecule has 3 N–H and O–H groups in total. The first-order valence-electron chi connectivity index (χ1n) is 6.27. The molecule has 0 aliphatic heterocycles. The zero-order valence-corrected chi connectivity index (χ0v) is 11.5. The van der Waals surface area contributed by atoms with E-state index in [0.717, 1.165) is 11.5 Å². The third kappa shape index (κ3) is 2.46. The lowest BCUT2D eigenvalue weighted by atomic mass is 9.85. The van der Waals surface area contributed by atoms with Gasteiger partial charge in [0.2, 0.25) is 0 Å². The molecule has 0 amide bonds. The third-order valence-corrected chi connectivity index (χ3v) is 3.22. The maximum absolute atomic E-state index is 5.58. The number of aromatic nitrogens is 2. The molecule has 1 aromatic carbocycles. The Balaban J connectivity index is 2.49. The fourth-order valence-electron chi connectivity index (χ4n) is 1.98. The maximum atomic E-state index is 5.58. The fraction of sp³-hybridized carbons (Fsp3) is 0.400. The van der Waals surface area contributed by atoms with Gasteiger partial charge in [0.1, 0.15) is 5.82 Å². The second kappa shape index (κ2) is 4.58. The van der Waals surface area contributed by atoms with Crippen LogP contribution in [0.2, 0.25) is 0 Å². The van der Waals surface area contributed by atoms with Gasteiger partial charge in [-0.2, -0.15) is 0 Å². The Kier molecular flexibility index (Phi) is 3.26. The van der Waals surface area contributed by atoms with Crippen LogP contribution in [-0.2, 0) is 12.0 Å². The summed E-state index contributed by atoms with van der Waals surface area (Å²) >= 11 is 0. The average molecular weight is 243 g/mol. The minimum Gasteiger partial charge on any atom is -0.341 e. The number of rotatable bonds is 2. The zero-order valence-electron chi connectivity index (χ0n) is 11.5. The summed E-state index contributed by atoms with van der Waals surface area (Å²) in [5.74, 6) is 0.825. The molecule has 0 spiro atoms. The van der Waals surface area contributed by atoms with E-state index >= 15 is 0 Å². The molecule has 1 heterocycles. The van der Waals surface area contributed by atoms with E-state index in [9.17, 15) is 0 Å². The summed E-state index contributed by atoms with van der Waals surface area (Å²) in [7, 11) is 0. The van der Waals surface area contributed by atoms with E-state index in [1.807, 2.05) is 6.20 Å². The van der Waals surface area contributed by atoms with Gasteiger partial charge in [0.15, 0.2) is 0 Å². The maximum Gasteiger partial charge on any atom is 0.120 e. The largest absolute Gasteiger partial charge is 0.341 e. The van der Waals surface area contributed by atoms with Crippen molar-refractivity contribution in [3.63, 3.8) is 0 Å². The lowest BCUT2D eigenvalue weighted by molar-refractivity contribution is 0.590. The van der Waals surface area contributed by atoms with Crippen molar-refractivity contribution in [3.05, 3.63) is 41.3 Å².